The van der Waals surface area contributed by atoms with Gasteiger partial charge in [-0.25, -0.2) is 0 Å². The monoisotopic (exact) mass is 806 g/mol. The van der Waals surface area contributed by atoms with Crippen LogP contribution in [0.25, 0.3) is 11.1 Å². The maximum atomic E-state index is 14.4. The summed E-state index contributed by atoms with van der Waals surface area (Å²) in [6.07, 6.45) is 4.74. The average molecular weight is 806 g/mol. The Labute approximate surface area is 280 Å². The summed E-state index contributed by atoms with van der Waals surface area (Å²) in [5, 5.41) is 2.91. The van der Waals surface area contributed by atoms with Gasteiger partial charge in [0.25, 0.3) is 0 Å². The van der Waals surface area contributed by atoms with Gasteiger partial charge in [0.2, 0.25) is 0 Å². The first kappa shape index (κ1) is 34.2. The van der Waals surface area contributed by atoms with Crippen LogP contribution in [0.3, 0.4) is 0 Å². The van der Waals surface area contributed by atoms with E-state index in [0.717, 1.165) is 11.1 Å². The van der Waals surface area contributed by atoms with Crippen molar-refractivity contribution in [2.45, 2.75) is 27.7 Å². The topological polar surface area (TPSA) is 0 Å². The number of hydrogen-bond acceptors (Lipinski definition) is 0. The molecule has 0 saturated heterocycles. The van der Waals surface area contributed by atoms with Crippen LogP contribution in [0.4, 0.5) is 8.78 Å². The summed E-state index contributed by atoms with van der Waals surface area (Å²) in [6, 6.07) is 36.3. The second-order valence-corrected chi connectivity index (χ2v) is 29.3. The fourth-order valence-electron chi connectivity index (χ4n) is 6.74. The fraction of sp³-hybridized carbons (Fsp3) is 0.158. The van der Waals surface area contributed by atoms with Crippen molar-refractivity contribution in [2.75, 3.05) is 0 Å². The Morgan fingerprint density at radius 2 is 0.932 bits per heavy atom. The molecular weight excluding hydrogens is 772 g/mol. The Morgan fingerprint density at radius 3 is 1.30 bits per heavy atom. The zero-order valence-electron chi connectivity index (χ0n) is 25.2. The minimum absolute atomic E-state index is 0. The van der Waals surface area contributed by atoms with Crippen molar-refractivity contribution in [1.82, 2.24) is 0 Å². The Morgan fingerprint density at radius 1 is 0.545 bits per heavy atom. The first-order chi connectivity index (χ1) is 20.3. The Kier molecular flexibility index (Phi) is 11.4. The molecule has 44 heavy (non-hydrogen) atoms. The van der Waals surface area contributed by atoms with Crippen LogP contribution in [0.15, 0.2) is 139 Å². The zero-order valence-corrected chi connectivity index (χ0v) is 31.3. The van der Waals surface area contributed by atoms with E-state index in [1.54, 1.807) is 18.8 Å². The van der Waals surface area contributed by atoms with Crippen molar-refractivity contribution >= 4 is 27.0 Å². The second kappa shape index (κ2) is 14.6. The van der Waals surface area contributed by atoms with Crippen molar-refractivity contribution in [2.24, 2.45) is 11.8 Å². The largest absolute Gasteiger partial charge is 1.00 e. The van der Waals surface area contributed by atoms with Crippen LogP contribution in [-0.4, -0.2) is 5.49 Å². The first-order valence-corrected chi connectivity index (χ1v) is 25.0. The van der Waals surface area contributed by atoms with Gasteiger partial charge in [-0.05, 0) is 0 Å². The third kappa shape index (κ3) is 6.65. The minimum atomic E-state index is -3.02. The van der Waals surface area contributed by atoms with Crippen LogP contribution in [0.2, 0.25) is 0 Å². The molecule has 222 valence electrons. The van der Waals surface area contributed by atoms with Gasteiger partial charge in [0.15, 0.2) is 0 Å². The van der Waals surface area contributed by atoms with E-state index in [4.69, 9.17) is 0 Å². The minimum Gasteiger partial charge on any atom is -1.00 e. The van der Waals surface area contributed by atoms with Gasteiger partial charge in [-0.3, -0.25) is 0 Å². The molecule has 2 aliphatic carbocycles. The summed E-state index contributed by atoms with van der Waals surface area (Å²) in [4.78, 5) is 0. The second-order valence-electron chi connectivity index (χ2n) is 11.3. The number of halogens is 4. The van der Waals surface area contributed by atoms with Crippen molar-refractivity contribution in [1.29, 1.82) is 0 Å². The molecule has 0 aromatic heterocycles. The van der Waals surface area contributed by atoms with E-state index < -0.39 is 25.6 Å². The molecule has 2 atom stereocenters. The van der Waals surface area contributed by atoms with E-state index in [2.05, 4.69) is 101 Å². The molecule has 6 heteroatoms. The molecular formula is C38H34Cl2F2HfSi. The molecule has 6 rings (SSSR count). The van der Waals surface area contributed by atoms with E-state index >= 15 is 0 Å². The van der Waals surface area contributed by atoms with Crippen molar-refractivity contribution in [3.63, 3.8) is 0 Å². The molecule has 4 aromatic carbocycles. The van der Waals surface area contributed by atoms with Gasteiger partial charge in [0.05, 0.1) is 0 Å². The van der Waals surface area contributed by atoms with Crippen LogP contribution in [0.1, 0.15) is 38.8 Å². The maximum absolute atomic E-state index is 14.4. The van der Waals surface area contributed by atoms with Gasteiger partial charge in [-0.1, -0.05) is 0 Å². The van der Waals surface area contributed by atoms with Crippen molar-refractivity contribution in [3.8, 4) is 0 Å². The SMILES string of the molecule is CC1=[C]([Hf+2]([C]2=C(C)C(c3cccc(F)c3)=CC2C)=[Si](c2ccccc2)c2ccccc2)C(C)C=C1c1cccc(F)c1.[Cl-].[Cl-]. The van der Waals surface area contributed by atoms with Crippen molar-refractivity contribution < 1.29 is 53.7 Å². The smallest absolute Gasteiger partial charge is 1.00 e. The Bertz CT molecular complexity index is 1710. The number of hydrogen-bond donors (Lipinski definition) is 0. The van der Waals surface area contributed by atoms with Crippen LogP contribution < -0.4 is 35.2 Å². The predicted molar refractivity (Wildman–Crippen MR) is 170 cm³/mol. The maximum Gasteiger partial charge on any atom is -1.00 e. The molecule has 0 nitrogen and oxygen atoms in total. The van der Waals surface area contributed by atoms with Crippen molar-refractivity contribution in [3.05, 3.63) is 162 Å². The summed E-state index contributed by atoms with van der Waals surface area (Å²) in [5.41, 5.74) is 5.73. The van der Waals surface area contributed by atoms with Gasteiger partial charge < -0.3 is 24.8 Å². The molecule has 0 N–H and O–H groups in total. The summed E-state index contributed by atoms with van der Waals surface area (Å²) in [7, 11) is 0. The fourth-order valence-corrected chi connectivity index (χ4v) is 40.2. The quantitative estimate of drug-likeness (QED) is 0.264. The van der Waals surface area contributed by atoms with Crippen LogP contribution in [-0.2, 0) is 20.1 Å². The molecule has 2 unspecified atom stereocenters. The number of allylic oxidation sites excluding steroid dienone is 8. The molecule has 4 aromatic rings. The third-order valence-electron chi connectivity index (χ3n) is 8.54. The molecule has 0 aliphatic heterocycles. The molecule has 0 amide bonds. The Hall–Kier alpha value is -2.63. The third-order valence-corrected chi connectivity index (χ3v) is 36.7. The zero-order chi connectivity index (χ0) is 29.4. The number of rotatable bonds is 6. The molecule has 0 heterocycles. The Balaban J connectivity index is 0.00000221. The summed E-state index contributed by atoms with van der Waals surface area (Å²) < 4.78 is 32.0. The van der Waals surface area contributed by atoms with Crippen LogP contribution >= 0.6 is 0 Å². The molecule has 2 aliphatic rings. The number of benzene rings is 4. The van der Waals surface area contributed by atoms with E-state index in [0.29, 0.717) is 0 Å². The molecule has 0 saturated carbocycles. The summed E-state index contributed by atoms with van der Waals surface area (Å²) in [6.45, 7) is 9.21. The molecule has 0 spiro atoms. The van der Waals surface area contributed by atoms with E-state index in [1.165, 1.54) is 44.8 Å². The van der Waals surface area contributed by atoms with E-state index in [-0.39, 0.29) is 48.3 Å². The van der Waals surface area contributed by atoms with Gasteiger partial charge in [0, 0.05) is 0 Å². The van der Waals surface area contributed by atoms with Gasteiger partial charge in [-0.2, -0.15) is 0 Å². The standard InChI is InChI=1S/2C13H12F.C12H10Si.2ClH.Hf/c2*1-9-6-10(2)13(7-9)11-4-3-5-12(14)8-11;1-3-7-11(8-4-1)13-12-9-5-2-6-10-12;;;/h2*3-5,7-9H,1-2H3;1-10H;2*1H;/q;;;;;+2/p-2. The average Bonchev–Trinajstić information content (AvgIpc) is 3.46. The molecule has 0 radical (unpaired) electrons. The van der Waals surface area contributed by atoms with Gasteiger partial charge in [-0.15, -0.1) is 0 Å². The van der Waals surface area contributed by atoms with Gasteiger partial charge in [0.1, 0.15) is 0 Å². The van der Waals surface area contributed by atoms with Crippen LogP contribution in [0, 0.1) is 23.5 Å². The van der Waals surface area contributed by atoms with Gasteiger partial charge >= 0.3 is 257 Å². The summed E-state index contributed by atoms with van der Waals surface area (Å²) >= 11 is -3.02. The normalized spacial score (nSPS) is 17.3. The van der Waals surface area contributed by atoms with E-state index in [1.807, 2.05) is 24.3 Å². The summed E-state index contributed by atoms with van der Waals surface area (Å²) in [5.74, 6) is 0.160. The van der Waals surface area contributed by atoms with E-state index in [9.17, 15) is 8.78 Å². The molecule has 0 bridgehead atoms. The predicted octanol–water partition coefficient (Wildman–Crippen LogP) is 2.71. The molecule has 0 fully saturated rings. The van der Waals surface area contributed by atoms with Crippen LogP contribution in [0.5, 0.6) is 0 Å². The first-order valence-electron chi connectivity index (χ1n) is 14.6.